The van der Waals surface area contributed by atoms with Crippen molar-refractivity contribution in [3.63, 3.8) is 0 Å². The molecule has 3 atom stereocenters. The summed E-state index contributed by atoms with van der Waals surface area (Å²) in [7, 11) is -3.98. The molecule has 0 amide bonds. The maximum absolute atomic E-state index is 12.4. The van der Waals surface area contributed by atoms with Crippen molar-refractivity contribution in [2.75, 3.05) is 55.4 Å². The molecule has 0 unspecified atom stereocenters. The van der Waals surface area contributed by atoms with Gasteiger partial charge in [0.1, 0.15) is 53.0 Å². The number of anilines is 3. The van der Waals surface area contributed by atoms with Crippen molar-refractivity contribution in [1.29, 1.82) is 0 Å². The summed E-state index contributed by atoms with van der Waals surface area (Å²) in [6.07, 6.45) is 38.3. The van der Waals surface area contributed by atoms with Crippen LogP contribution in [0.1, 0.15) is 215 Å². The third kappa shape index (κ3) is 30.2. The van der Waals surface area contributed by atoms with Crippen molar-refractivity contribution in [1.82, 2.24) is 15.0 Å². The lowest BCUT2D eigenvalue weighted by atomic mass is 10.1. The Kier molecular flexibility index (Phi) is 35.6. The number of rotatable bonds is 51. The highest BCUT2D eigenvalue weighted by Crippen LogP contribution is 2.61. The fourth-order valence-corrected chi connectivity index (χ4v) is 12.6. The minimum absolute atomic E-state index is 0.317. The molecule has 0 aliphatic rings. The van der Waals surface area contributed by atoms with E-state index in [9.17, 15) is 4.89 Å². The molecule has 0 aliphatic carbocycles. The third-order valence-corrected chi connectivity index (χ3v) is 17.9. The first-order chi connectivity index (χ1) is 43.6. The van der Waals surface area contributed by atoms with Crippen LogP contribution in [0.4, 0.5) is 17.5 Å². The second-order valence-electron chi connectivity index (χ2n) is 24.3. The van der Waals surface area contributed by atoms with Gasteiger partial charge >= 0.3 is 8.17 Å². The molecule has 488 valence electrons. The zero-order valence-electron chi connectivity index (χ0n) is 55.4. The Balaban J connectivity index is 1.04. The molecular weight excluding hydrogens is 1130 g/mol. The van der Waals surface area contributed by atoms with E-state index in [1.807, 2.05) is 93.6 Å². The smallest absolute Gasteiger partial charge is 0.494 e. The number of ether oxygens (including phenoxy) is 3. The lowest BCUT2D eigenvalue weighted by molar-refractivity contribution is 0.0246. The first-order valence-electron chi connectivity index (χ1n) is 34.6. The van der Waals surface area contributed by atoms with Gasteiger partial charge in [0.15, 0.2) is 0 Å². The van der Waals surface area contributed by atoms with Crippen molar-refractivity contribution in [3.8, 4) is 50.6 Å². The van der Waals surface area contributed by atoms with Crippen LogP contribution >= 0.6 is 8.17 Å². The first kappa shape index (κ1) is 72.2. The Bertz CT molecular complexity index is 2510. The van der Waals surface area contributed by atoms with Gasteiger partial charge < -0.3 is 30.2 Å². The van der Waals surface area contributed by atoms with Gasteiger partial charge in [-0.3, -0.25) is 0 Å². The van der Waals surface area contributed by atoms with Gasteiger partial charge in [-0.05, 0) is 146 Å². The molecular formula is C75H112N6O7P+. The number of nitrogens with one attached hydrogen (secondary N) is 3. The van der Waals surface area contributed by atoms with Gasteiger partial charge in [-0.1, -0.05) is 211 Å². The molecule has 6 rings (SSSR count). The number of benzene rings is 3. The maximum Gasteiger partial charge on any atom is 0.573 e. The van der Waals surface area contributed by atoms with E-state index in [2.05, 4.69) is 88.1 Å². The molecule has 89 heavy (non-hydrogen) atoms. The van der Waals surface area contributed by atoms with E-state index in [1.165, 1.54) is 154 Å². The summed E-state index contributed by atoms with van der Waals surface area (Å²) in [5.41, 5.74) is 6.14. The summed E-state index contributed by atoms with van der Waals surface area (Å²) in [6.45, 7) is 15.5. The van der Waals surface area contributed by atoms with Crippen LogP contribution in [0.5, 0.6) is 17.2 Å². The predicted octanol–water partition coefficient (Wildman–Crippen LogP) is 21.1. The number of pyridine rings is 3. The van der Waals surface area contributed by atoms with Gasteiger partial charge in [-0.15, -0.1) is 13.6 Å². The average molecular weight is 1240 g/mol. The van der Waals surface area contributed by atoms with Crippen LogP contribution in [0.25, 0.3) is 33.4 Å². The molecule has 0 aliphatic heterocycles. The molecule has 3 heterocycles. The highest BCUT2D eigenvalue weighted by atomic mass is 31.2. The highest BCUT2D eigenvalue weighted by Gasteiger charge is 2.50. The predicted molar refractivity (Wildman–Crippen MR) is 373 cm³/mol. The van der Waals surface area contributed by atoms with E-state index < -0.39 is 26.5 Å². The van der Waals surface area contributed by atoms with Crippen molar-refractivity contribution in [2.24, 2.45) is 0 Å². The summed E-state index contributed by atoms with van der Waals surface area (Å²) in [5.74, 6) is 4.59. The van der Waals surface area contributed by atoms with Crippen LogP contribution in [0.3, 0.4) is 0 Å². The normalized spacial score (nSPS) is 12.6. The first-order valence-corrected chi connectivity index (χ1v) is 36.1. The van der Waals surface area contributed by atoms with Crippen LogP contribution in [-0.2, 0) is 13.6 Å². The molecule has 3 aromatic heterocycles. The third-order valence-electron chi connectivity index (χ3n) is 16.0. The van der Waals surface area contributed by atoms with Gasteiger partial charge in [0, 0.05) is 38.2 Å². The van der Waals surface area contributed by atoms with Crippen LogP contribution in [-0.4, -0.2) is 77.6 Å². The van der Waals surface area contributed by atoms with Crippen LogP contribution in [0.15, 0.2) is 128 Å². The van der Waals surface area contributed by atoms with Crippen LogP contribution < -0.4 is 30.2 Å². The van der Waals surface area contributed by atoms with E-state index in [0.29, 0.717) is 56.9 Å². The average Bonchev–Trinajstić information content (AvgIpc) is 2.73. The van der Waals surface area contributed by atoms with Gasteiger partial charge in [0.05, 0.1) is 19.8 Å². The molecule has 0 saturated carbocycles. The number of aromatic nitrogens is 3. The second kappa shape index (κ2) is 43.8. The van der Waals surface area contributed by atoms with Crippen molar-refractivity contribution >= 4 is 25.6 Å². The minimum Gasteiger partial charge on any atom is -0.494 e. The Morgan fingerprint density at radius 1 is 0.337 bits per heavy atom. The van der Waals surface area contributed by atoms with Gasteiger partial charge in [-0.25, -0.2) is 15.0 Å². The van der Waals surface area contributed by atoms with E-state index in [-0.39, 0.29) is 0 Å². The SMILES string of the molecule is CCCCCCCCCCCOc1cccc(-c2ccnc(NC[C@@H](C)O[P+](O)(O[C@H](C)CNc3cc(-c4cccc(OCCCCCCCCCCC)c4)ccn3)O[C@H](C)CNc3cc(-c4cccc(OCCCCCCCCCCC)c4)ccn3)c2)c1. The Morgan fingerprint density at radius 3 is 0.854 bits per heavy atom. The molecule has 0 bridgehead atoms. The summed E-state index contributed by atoms with van der Waals surface area (Å²) in [4.78, 5) is 26.3. The van der Waals surface area contributed by atoms with Crippen LogP contribution in [0.2, 0.25) is 0 Å². The summed E-state index contributed by atoms with van der Waals surface area (Å²) >= 11 is 0. The molecule has 6 aromatic rings. The number of nitrogens with zero attached hydrogens (tertiary/aromatic N) is 3. The van der Waals surface area contributed by atoms with Crippen molar-refractivity contribution < 1.29 is 32.7 Å². The Labute approximate surface area is 537 Å². The lowest BCUT2D eigenvalue weighted by Crippen LogP contribution is -2.29. The van der Waals surface area contributed by atoms with Gasteiger partial charge in [0.2, 0.25) is 0 Å². The molecule has 0 spiro atoms. The van der Waals surface area contributed by atoms with Crippen LogP contribution in [0, 0.1) is 0 Å². The van der Waals surface area contributed by atoms with E-state index in [0.717, 1.165) is 69.9 Å². The number of unbranched alkanes of at least 4 members (excludes halogenated alkanes) is 24. The van der Waals surface area contributed by atoms with Crippen molar-refractivity contribution in [2.45, 2.75) is 233 Å². The molecule has 0 fully saturated rings. The monoisotopic (exact) mass is 1240 g/mol. The standard InChI is InChI=1S/C75H112N6O7P/c1-7-10-13-16-19-22-25-28-31-49-83-70-40-34-37-64(52-70)67-43-46-76-73(55-67)79-58-61(4)86-89(82,87-62(5)59-80-74-56-68(44-47-77-74)65-38-35-41-71(53-65)84-50-32-29-26-23-20-17-14-11-8-2)88-63(6)60-81-75-57-69(45-48-78-75)66-39-36-42-72(54-66)85-51-33-30-27-24-21-18-15-12-9-3/h34-48,52-57,61-63,82H,7-33,49-51,58-60H2,1-6H3,(H,76,79)(H,77,80)(H,78,81)/q+1/t61-,62-,63-/m1/s1. The fourth-order valence-electron chi connectivity index (χ4n) is 10.8. The quantitative estimate of drug-likeness (QED) is 0.0212. The zero-order valence-corrected chi connectivity index (χ0v) is 56.3. The Morgan fingerprint density at radius 2 is 0.584 bits per heavy atom. The molecule has 4 N–H and O–H groups in total. The van der Waals surface area contributed by atoms with E-state index >= 15 is 0 Å². The van der Waals surface area contributed by atoms with E-state index in [4.69, 9.17) is 27.8 Å². The maximum atomic E-state index is 12.4. The second-order valence-corrected chi connectivity index (χ2v) is 25.8. The summed E-state index contributed by atoms with van der Waals surface area (Å²) in [5, 5.41) is 10.3. The fraction of sp³-hybridized carbons (Fsp3) is 0.560. The van der Waals surface area contributed by atoms with Crippen molar-refractivity contribution in [3.05, 3.63) is 128 Å². The summed E-state index contributed by atoms with van der Waals surface area (Å²) < 4.78 is 37.9. The van der Waals surface area contributed by atoms with E-state index in [1.54, 1.807) is 18.6 Å². The van der Waals surface area contributed by atoms with Gasteiger partial charge in [-0.2, -0.15) is 4.89 Å². The Hall–Kier alpha value is -5.82. The molecule has 3 aromatic carbocycles. The molecule has 0 radical (unpaired) electrons. The largest absolute Gasteiger partial charge is 0.573 e. The highest BCUT2D eigenvalue weighted by molar-refractivity contribution is 7.55. The molecule has 13 nitrogen and oxygen atoms in total. The topological polar surface area (TPSA) is 150 Å². The van der Waals surface area contributed by atoms with Gasteiger partial charge in [0.25, 0.3) is 0 Å². The number of hydrogen-bond donors (Lipinski definition) is 4. The number of hydrogen-bond acceptors (Lipinski definition) is 13. The molecule has 0 saturated heterocycles. The zero-order chi connectivity index (χ0) is 62.8. The minimum atomic E-state index is -3.98. The lowest BCUT2D eigenvalue weighted by Gasteiger charge is -2.24. The molecule has 14 heteroatoms. The summed E-state index contributed by atoms with van der Waals surface area (Å²) in [6, 6.07) is 36.7.